The van der Waals surface area contributed by atoms with E-state index in [1.807, 2.05) is 34.9 Å². The highest BCUT2D eigenvalue weighted by Crippen LogP contribution is 2.26. The van der Waals surface area contributed by atoms with Crippen LogP contribution >= 0.6 is 0 Å². The average molecular weight is 387 g/mol. The second-order valence-electron chi connectivity index (χ2n) is 6.65. The van der Waals surface area contributed by atoms with E-state index in [1.165, 1.54) is 28.9 Å². The predicted octanol–water partition coefficient (Wildman–Crippen LogP) is 4.61. The summed E-state index contributed by atoms with van der Waals surface area (Å²) in [6.45, 7) is 0.391. The van der Waals surface area contributed by atoms with Gasteiger partial charge in [-0.15, -0.1) is 5.10 Å². The maximum Gasteiger partial charge on any atom is 0.141 e. The van der Waals surface area contributed by atoms with Gasteiger partial charge in [-0.25, -0.2) is 18.4 Å². The zero-order chi connectivity index (χ0) is 19.8. The average Bonchev–Trinajstić information content (AvgIpc) is 3.34. The van der Waals surface area contributed by atoms with E-state index in [1.54, 1.807) is 24.4 Å². The Balaban J connectivity index is 1.58. The van der Waals surface area contributed by atoms with Gasteiger partial charge in [0.25, 0.3) is 0 Å². The molecule has 2 heterocycles. The number of hydrogen-bond acceptors (Lipinski definition) is 3. The highest BCUT2D eigenvalue weighted by atomic mass is 19.1. The first-order chi connectivity index (χ1) is 14.2. The van der Waals surface area contributed by atoms with Crippen LogP contribution in [0.2, 0.25) is 0 Å². The Morgan fingerprint density at radius 1 is 0.828 bits per heavy atom. The van der Waals surface area contributed by atoms with Gasteiger partial charge >= 0.3 is 0 Å². The van der Waals surface area contributed by atoms with Crippen LogP contribution in [0.4, 0.5) is 8.78 Å². The molecule has 0 aliphatic heterocycles. The maximum absolute atomic E-state index is 13.8. The van der Waals surface area contributed by atoms with Crippen molar-refractivity contribution in [2.45, 2.75) is 6.54 Å². The third kappa shape index (κ3) is 3.27. The van der Waals surface area contributed by atoms with Crippen LogP contribution in [0.3, 0.4) is 0 Å². The van der Waals surface area contributed by atoms with Crippen molar-refractivity contribution < 1.29 is 8.78 Å². The molecular weight excluding hydrogens is 372 g/mol. The van der Waals surface area contributed by atoms with Crippen molar-refractivity contribution in [3.05, 3.63) is 96.3 Å². The fraction of sp³-hybridized carbons (Fsp3) is 0.0455. The summed E-state index contributed by atoms with van der Waals surface area (Å²) in [4.78, 5) is 4.69. The van der Waals surface area contributed by atoms with E-state index in [-0.39, 0.29) is 11.6 Å². The lowest BCUT2D eigenvalue weighted by Gasteiger charge is -2.07. The van der Waals surface area contributed by atoms with Gasteiger partial charge in [0.05, 0.1) is 29.5 Å². The Kier molecular flexibility index (Phi) is 4.13. The zero-order valence-corrected chi connectivity index (χ0v) is 15.2. The molecule has 0 amide bonds. The topological polar surface area (TPSA) is 48.5 Å². The van der Waals surface area contributed by atoms with Crippen LogP contribution in [0.5, 0.6) is 0 Å². The summed E-state index contributed by atoms with van der Waals surface area (Å²) in [7, 11) is 0. The quantitative estimate of drug-likeness (QED) is 0.452. The van der Waals surface area contributed by atoms with Gasteiger partial charge in [-0.1, -0.05) is 35.5 Å². The summed E-state index contributed by atoms with van der Waals surface area (Å²) in [6.07, 6.45) is 1.75. The van der Waals surface area contributed by atoms with Crippen molar-refractivity contribution in [3.63, 3.8) is 0 Å². The normalized spacial score (nSPS) is 11.2. The SMILES string of the molecule is Fc1cccc(-c2nc3ccccc3n2Cc2cn(-c3cccc(F)c3)nn2)c1. The lowest BCUT2D eigenvalue weighted by atomic mass is 10.2. The highest BCUT2D eigenvalue weighted by Gasteiger charge is 2.15. The Morgan fingerprint density at radius 2 is 1.62 bits per heavy atom. The molecule has 7 heteroatoms. The fourth-order valence-corrected chi connectivity index (χ4v) is 3.36. The monoisotopic (exact) mass is 387 g/mol. The van der Waals surface area contributed by atoms with Gasteiger partial charge in [0.2, 0.25) is 0 Å². The Hall–Kier alpha value is -3.87. The molecule has 5 nitrogen and oxygen atoms in total. The molecule has 3 aromatic carbocycles. The zero-order valence-electron chi connectivity index (χ0n) is 15.2. The summed E-state index contributed by atoms with van der Waals surface area (Å²) in [5.74, 6) is -0.0160. The molecule has 0 spiro atoms. The van der Waals surface area contributed by atoms with Crippen molar-refractivity contribution in [2.24, 2.45) is 0 Å². The van der Waals surface area contributed by atoms with Crippen molar-refractivity contribution in [1.82, 2.24) is 24.5 Å². The third-order valence-electron chi connectivity index (χ3n) is 4.67. The van der Waals surface area contributed by atoms with Gasteiger partial charge in [0.15, 0.2) is 0 Å². The molecule has 0 saturated carbocycles. The minimum atomic E-state index is -0.339. The molecule has 29 heavy (non-hydrogen) atoms. The lowest BCUT2D eigenvalue weighted by molar-refractivity contribution is 0.624. The van der Waals surface area contributed by atoms with Crippen LogP contribution in [-0.2, 0) is 6.54 Å². The number of nitrogens with zero attached hydrogens (tertiary/aromatic N) is 5. The summed E-state index contributed by atoms with van der Waals surface area (Å²) in [6, 6.07) is 20.2. The van der Waals surface area contributed by atoms with Crippen LogP contribution in [0, 0.1) is 11.6 Å². The smallest absolute Gasteiger partial charge is 0.141 e. The molecule has 0 aliphatic carbocycles. The van der Waals surface area contributed by atoms with Gasteiger partial charge in [-0.05, 0) is 42.5 Å². The fourth-order valence-electron chi connectivity index (χ4n) is 3.36. The number of rotatable bonds is 4. The summed E-state index contributed by atoms with van der Waals surface area (Å²) in [5.41, 5.74) is 3.66. The molecule has 142 valence electrons. The Bertz CT molecular complexity index is 1320. The van der Waals surface area contributed by atoms with E-state index in [2.05, 4.69) is 15.3 Å². The van der Waals surface area contributed by atoms with Crippen molar-refractivity contribution in [1.29, 1.82) is 0 Å². The third-order valence-corrected chi connectivity index (χ3v) is 4.67. The summed E-state index contributed by atoms with van der Waals surface area (Å²) < 4.78 is 30.8. The van der Waals surface area contributed by atoms with Gasteiger partial charge in [0, 0.05) is 5.56 Å². The first kappa shape index (κ1) is 17.2. The molecule has 0 unspecified atom stereocenters. The number of fused-ring (bicyclic) bond motifs is 1. The largest absolute Gasteiger partial charge is 0.318 e. The Morgan fingerprint density at radius 3 is 2.45 bits per heavy atom. The van der Waals surface area contributed by atoms with Crippen LogP contribution in [-0.4, -0.2) is 24.5 Å². The number of para-hydroxylation sites is 2. The molecule has 5 aromatic rings. The van der Waals surface area contributed by atoms with Gasteiger partial charge < -0.3 is 4.57 Å². The van der Waals surface area contributed by atoms with E-state index in [0.717, 1.165) is 11.0 Å². The van der Waals surface area contributed by atoms with Crippen LogP contribution in [0.1, 0.15) is 5.69 Å². The maximum atomic E-state index is 13.8. The van der Waals surface area contributed by atoms with Crippen LogP contribution in [0.25, 0.3) is 28.1 Å². The van der Waals surface area contributed by atoms with E-state index < -0.39 is 0 Å². The Labute approximate surface area is 164 Å². The first-order valence-corrected chi connectivity index (χ1v) is 9.06. The number of aromatic nitrogens is 5. The number of halogens is 2. The molecule has 0 bridgehead atoms. The summed E-state index contributed by atoms with van der Waals surface area (Å²) in [5, 5.41) is 8.34. The molecule has 0 N–H and O–H groups in total. The standard InChI is InChI=1S/C22H15F2N5/c23-16-6-3-5-15(11-16)22-25-20-9-1-2-10-21(20)28(22)13-18-14-29(27-26-18)19-8-4-7-17(24)12-19/h1-12,14H,13H2. The molecule has 0 fully saturated rings. The first-order valence-electron chi connectivity index (χ1n) is 9.06. The molecule has 0 saturated heterocycles. The van der Waals surface area contributed by atoms with Gasteiger partial charge in [0.1, 0.15) is 23.2 Å². The van der Waals surface area contributed by atoms with Crippen molar-refractivity contribution in [3.8, 4) is 17.1 Å². The van der Waals surface area contributed by atoms with Crippen molar-refractivity contribution in [2.75, 3.05) is 0 Å². The molecule has 0 radical (unpaired) electrons. The van der Waals surface area contributed by atoms with Crippen molar-refractivity contribution >= 4 is 11.0 Å². The second-order valence-corrected chi connectivity index (χ2v) is 6.65. The molecule has 2 aromatic heterocycles. The molecule has 0 atom stereocenters. The van der Waals surface area contributed by atoms with E-state index in [4.69, 9.17) is 0 Å². The number of imidazole rings is 1. The number of hydrogen-bond donors (Lipinski definition) is 0. The van der Waals surface area contributed by atoms with Gasteiger partial charge in [-0.3, -0.25) is 0 Å². The number of benzene rings is 3. The van der Waals surface area contributed by atoms with E-state index in [0.29, 0.717) is 29.3 Å². The lowest BCUT2D eigenvalue weighted by Crippen LogP contribution is -2.03. The van der Waals surface area contributed by atoms with Crippen LogP contribution < -0.4 is 0 Å². The minimum Gasteiger partial charge on any atom is -0.318 e. The van der Waals surface area contributed by atoms with Gasteiger partial charge in [-0.2, -0.15) is 0 Å². The van der Waals surface area contributed by atoms with E-state index in [9.17, 15) is 8.78 Å². The predicted molar refractivity (Wildman–Crippen MR) is 106 cm³/mol. The highest BCUT2D eigenvalue weighted by molar-refractivity contribution is 5.80. The molecule has 0 aliphatic rings. The molecular formula is C22H15F2N5. The minimum absolute atomic E-state index is 0.321. The second kappa shape index (κ2) is 6.94. The van der Waals surface area contributed by atoms with E-state index >= 15 is 0 Å². The molecule has 5 rings (SSSR count). The van der Waals surface area contributed by atoms with Crippen LogP contribution in [0.15, 0.2) is 79.0 Å². The summed E-state index contributed by atoms with van der Waals surface area (Å²) >= 11 is 0.